The first kappa shape index (κ1) is 25.2. The van der Waals surface area contributed by atoms with E-state index in [1.54, 1.807) is 42.5 Å². The van der Waals surface area contributed by atoms with E-state index in [2.05, 4.69) is 23.8 Å². The van der Waals surface area contributed by atoms with Crippen LogP contribution >= 0.6 is 0 Å². The second kappa shape index (κ2) is 12.7. The second-order valence-electron chi connectivity index (χ2n) is 6.65. The van der Waals surface area contributed by atoms with Crippen LogP contribution in [-0.4, -0.2) is 36.7 Å². The fourth-order valence-electron chi connectivity index (χ4n) is 2.61. The largest absolute Gasteiger partial charge is 0.489 e. The van der Waals surface area contributed by atoms with Crippen LogP contribution in [0.25, 0.3) is 6.08 Å². The average molecular weight is 454 g/mol. The number of nitrogens with one attached hydrogen (secondary N) is 2. The van der Waals surface area contributed by atoms with E-state index in [1.807, 2.05) is 0 Å². The topological polar surface area (TPSA) is 87.7 Å². The van der Waals surface area contributed by atoms with Crippen LogP contribution in [0.3, 0.4) is 0 Å². The lowest BCUT2D eigenvalue weighted by Crippen LogP contribution is -2.36. The number of carbonyl (C=O) groups is 2. The summed E-state index contributed by atoms with van der Waals surface area (Å²) < 4.78 is 32.7. The zero-order valence-electron chi connectivity index (χ0n) is 17.8. The van der Waals surface area contributed by atoms with E-state index in [9.17, 15) is 18.4 Å². The van der Waals surface area contributed by atoms with Crippen molar-refractivity contribution in [1.82, 2.24) is 10.6 Å². The summed E-state index contributed by atoms with van der Waals surface area (Å²) in [6.45, 7) is 7.26. The molecule has 8 heteroatoms. The van der Waals surface area contributed by atoms with Crippen LogP contribution in [0.2, 0.25) is 0 Å². The molecule has 172 valence electrons. The van der Waals surface area contributed by atoms with Crippen molar-refractivity contribution >= 4 is 17.9 Å². The summed E-state index contributed by atoms with van der Waals surface area (Å²) in [5.74, 6) is -2.95. The van der Waals surface area contributed by atoms with Gasteiger partial charge in [0.25, 0.3) is 11.8 Å². The van der Waals surface area contributed by atoms with Crippen molar-refractivity contribution < 1.29 is 28.2 Å². The molecule has 0 heterocycles. The van der Waals surface area contributed by atoms with Gasteiger partial charge in [0.15, 0.2) is 0 Å². The molecule has 6 nitrogen and oxygen atoms in total. The molecule has 0 aliphatic carbocycles. The van der Waals surface area contributed by atoms with Crippen LogP contribution in [0, 0.1) is 11.6 Å². The number of ether oxygens (including phenoxy) is 1. The summed E-state index contributed by atoms with van der Waals surface area (Å²) in [5.41, 5.74) is 0.773. The van der Waals surface area contributed by atoms with Gasteiger partial charge in [0.2, 0.25) is 0 Å². The zero-order valence-corrected chi connectivity index (χ0v) is 17.8. The minimum Gasteiger partial charge on any atom is -0.489 e. The van der Waals surface area contributed by atoms with Gasteiger partial charge in [-0.05, 0) is 41.5 Å². The molecule has 0 bridgehead atoms. The molecule has 0 radical (unpaired) electrons. The van der Waals surface area contributed by atoms with Crippen molar-refractivity contribution in [3.63, 3.8) is 0 Å². The number of halogens is 2. The van der Waals surface area contributed by atoms with Crippen LogP contribution in [0.5, 0.6) is 5.75 Å². The van der Waals surface area contributed by atoms with Crippen LogP contribution in [0.15, 0.2) is 85.1 Å². The van der Waals surface area contributed by atoms with Crippen molar-refractivity contribution in [1.29, 1.82) is 0 Å². The molecule has 3 N–H and O–H groups in total. The highest BCUT2D eigenvalue weighted by Gasteiger charge is 2.17. The number of hydrogen-bond donors (Lipinski definition) is 3. The SMILES string of the molecule is C=CC=C(C=C)COc1ccc(C=C(NC(=O)c2ccc(F)cc2F)C(=O)NCCO)cc1. The van der Waals surface area contributed by atoms with Gasteiger partial charge >= 0.3 is 0 Å². The number of rotatable bonds is 11. The molecule has 0 spiro atoms. The van der Waals surface area contributed by atoms with Crippen molar-refractivity contribution in [2.75, 3.05) is 19.8 Å². The molecule has 0 aromatic heterocycles. The molecule has 0 saturated carbocycles. The lowest BCUT2D eigenvalue weighted by Gasteiger charge is -2.11. The quantitative estimate of drug-likeness (QED) is 0.358. The highest BCUT2D eigenvalue weighted by molar-refractivity contribution is 6.05. The number of benzene rings is 2. The van der Waals surface area contributed by atoms with E-state index in [0.717, 1.165) is 17.7 Å². The van der Waals surface area contributed by atoms with Gasteiger partial charge in [-0.2, -0.15) is 0 Å². The van der Waals surface area contributed by atoms with Gasteiger partial charge < -0.3 is 20.5 Å². The lowest BCUT2D eigenvalue weighted by molar-refractivity contribution is -0.117. The van der Waals surface area contributed by atoms with E-state index in [1.165, 1.54) is 6.08 Å². The molecule has 33 heavy (non-hydrogen) atoms. The molecule has 0 atom stereocenters. The molecular weight excluding hydrogens is 430 g/mol. The van der Waals surface area contributed by atoms with Crippen molar-refractivity contribution in [2.45, 2.75) is 0 Å². The molecule has 2 aromatic rings. The molecule has 0 fully saturated rings. The molecule has 2 amide bonds. The van der Waals surface area contributed by atoms with Crippen LogP contribution in [-0.2, 0) is 4.79 Å². The van der Waals surface area contributed by atoms with Gasteiger partial charge in [-0.15, -0.1) is 0 Å². The molecule has 0 unspecified atom stereocenters. The number of aliphatic hydroxyl groups is 1. The first-order valence-corrected chi connectivity index (χ1v) is 9.92. The maximum absolute atomic E-state index is 13.9. The standard InChI is InChI=1S/C25H24F2N2O4/c1-3-5-17(4-2)16-33-20-9-6-18(7-10-20)14-23(25(32)28-12-13-30)29-24(31)21-11-8-19(26)15-22(21)27/h3-11,14-15,30H,1-2,12-13,16H2,(H,28,32)(H,29,31). The maximum Gasteiger partial charge on any atom is 0.267 e. The first-order valence-electron chi connectivity index (χ1n) is 9.92. The summed E-state index contributed by atoms with van der Waals surface area (Å²) >= 11 is 0. The van der Waals surface area contributed by atoms with Gasteiger partial charge in [0.05, 0.1) is 12.2 Å². The Labute approximate surface area is 190 Å². The van der Waals surface area contributed by atoms with E-state index in [-0.39, 0.29) is 18.8 Å². The summed E-state index contributed by atoms with van der Waals surface area (Å²) in [5, 5.41) is 13.7. The fourth-order valence-corrected chi connectivity index (χ4v) is 2.61. The Morgan fingerprint density at radius 2 is 1.82 bits per heavy atom. The fraction of sp³-hybridized carbons (Fsp3) is 0.120. The van der Waals surface area contributed by atoms with Crippen molar-refractivity contribution in [2.24, 2.45) is 0 Å². The predicted molar refractivity (Wildman–Crippen MR) is 122 cm³/mol. The Balaban J connectivity index is 2.22. The van der Waals surface area contributed by atoms with Gasteiger partial charge in [-0.3, -0.25) is 9.59 Å². The number of aliphatic hydroxyl groups excluding tert-OH is 1. The number of amides is 2. The summed E-state index contributed by atoms with van der Waals surface area (Å²) in [6.07, 6.45) is 6.43. The van der Waals surface area contributed by atoms with Crippen LogP contribution < -0.4 is 15.4 Å². The predicted octanol–water partition coefficient (Wildman–Crippen LogP) is 3.52. The molecule has 2 aromatic carbocycles. The Morgan fingerprint density at radius 3 is 2.42 bits per heavy atom. The first-order chi connectivity index (χ1) is 15.9. The zero-order chi connectivity index (χ0) is 24.2. The smallest absolute Gasteiger partial charge is 0.267 e. The van der Waals surface area contributed by atoms with E-state index in [0.29, 0.717) is 24.0 Å². The third-order valence-corrected chi connectivity index (χ3v) is 4.26. The van der Waals surface area contributed by atoms with Crippen LogP contribution in [0.1, 0.15) is 15.9 Å². The lowest BCUT2D eigenvalue weighted by atomic mass is 10.1. The normalized spacial score (nSPS) is 11.5. The van der Waals surface area contributed by atoms with E-state index >= 15 is 0 Å². The van der Waals surface area contributed by atoms with Crippen molar-refractivity contribution in [3.05, 3.63) is 108 Å². The summed E-state index contributed by atoms with van der Waals surface area (Å²) in [7, 11) is 0. The number of hydrogen-bond acceptors (Lipinski definition) is 4. The van der Waals surface area contributed by atoms with Crippen LogP contribution in [0.4, 0.5) is 8.78 Å². The van der Waals surface area contributed by atoms with Gasteiger partial charge in [-0.25, -0.2) is 8.78 Å². The average Bonchev–Trinajstić information content (AvgIpc) is 2.80. The number of allylic oxidation sites excluding steroid dienone is 2. The summed E-state index contributed by atoms with van der Waals surface area (Å²) in [4.78, 5) is 24.9. The third-order valence-electron chi connectivity index (χ3n) is 4.26. The molecule has 0 saturated heterocycles. The summed E-state index contributed by atoms with van der Waals surface area (Å²) in [6, 6.07) is 9.15. The molecular formula is C25H24F2N2O4. The minimum atomic E-state index is -1.06. The molecule has 0 aliphatic rings. The van der Waals surface area contributed by atoms with E-state index in [4.69, 9.17) is 9.84 Å². The van der Waals surface area contributed by atoms with Gasteiger partial charge in [0.1, 0.15) is 29.7 Å². The second-order valence-corrected chi connectivity index (χ2v) is 6.65. The van der Waals surface area contributed by atoms with E-state index < -0.39 is 29.0 Å². The monoisotopic (exact) mass is 454 g/mol. The maximum atomic E-state index is 13.9. The van der Waals surface area contributed by atoms with Crippen molar-refractivity contribution in [3.8, 4) is 5.75 Å². The molecule has 2 rings (SSSR count). The minimum absolute atomic E-state index is 0.0480. The Kier molecular flexibility index (Phi) is 9.73. The highest BCUT2D eigenvalue weighted by Crippen LogP contribution is 2.16. The Bertz CT molecular complexity index is 1080. The highest BCUT2D eigenvalue weighted by atomic mass is 19.1. The third kappa shape index (κ3) is 7.86. The molecule has 0 aliphatic heterocycles. The number of carbonyl (C=O) groups excluding carboxylic acids is 2. The Hall–Kier alpha value is -4.04. The Morgan fingerprint density at radius 1 is 1.09 bits per heavy atom. The van der Waals surface area contributed by atoms with Gasteiger partial charge in [0, 0.05) is 12.6 Å². The van der Waals surface area contributed by atoms with Gasteiger partial charge in [-0.1, -0.05) is 43.5 Å².